The molecule has 1 aromatic carbocycles. The summed E-state index contributed by atoms with van der Waals surface area (Å²) in [5, 5.41) is 2.41. The van der Waals surface area contributed by atoms with E-state index < -0.39 is 50.9 Å². The minimum Gasteiger partial charge on any atom is -0.491 e. The first-order valence-electron chi connectivity index (χ1n) is 9.47. The zero-order valence-electron chi connectivity index (χ0n) is 17.5. The van der Waals surface area contributed by atoms with Crippen LogP contribution >= 0.6 is 0 Å². The predicted molar refractivity (Wildman–Crippen MR) is 111 cm³/mol. The summed E-state index contributed by atoms with van der Waals surface area (Å²) in [4.78, 5) is 18.3. The fraction of sp³-hybridized carbons (Fsp3) is 0.400. The molecule has 3 rings (SSSR count). The lowest BCUT2D eigenvalue weighted by Crippen LogP contribution is -2.50. The molecular formula is C20H22F4N4O3S. The highest BCUT2D eigenvalue weighted by Crippen LogP contribution is 2.47. The maximum absolute atomic E-state index is 14.3. The summed E-state index contributed by atoms with van der Waals surface area (Å²) in [5.74, 6) is -3.79. The third kappa shape index (κ3) is 4.23. The van der Waals surface area contributed by atoms with E-state index in [1.165, 1.54) is 36.2 Å². The monoisotopic (exact) mass is 474 g/mol. The summed E-state index contributed by atoms with van der Waals surface area (Å²) in [6.07, 6.45) is -0.597. The number of carbonyl (C=O) groups is 1. The van der Waals surface area contributed by atoms with Gasteiger partial charge >= 0.3 is 0 Å². The number of hydrogen-bond donors (Lipinski definition) is 2. The standard InChI is InChI=1S/C20H22F4N4O3S/c1-20(19(23)24)7-9-28(13-5-4-12(21)15(22)16(13)31-2)17(20)18(29)27-11-6-8-26-14(10-11)32(3,25)30/h4-6,8,10,17,19,25H,7,9H2,1-3H3,(H,26,27,29)/t17-,20?,32+/m0/s1. The molecule has 1 aliphatic rings. The van der Waals surface area contributed by atoms with Crippen molar-refractivity contribution in [3.8, 4) is 5.75 Å². The average molecular weight is 474 g/mol. The molecule has 0 bridgehead atoms. The Morgan fingerprint density at radius 1 is 1.38 bits per heavy atom. The molecule has 32 heavy (non-hydrogen) atoms. The second kappa shape index (κ2) is 8.57. The van der Waals surface area contributed by atoms with Crippen LogP contribution in [-0.2, 0) is 14.5 Å². The van der Waals surface area contributed by atoms with Crippen LogP contribution in [-0.4, -0.2) is 47.5 Å². The van der Waals surface area contributed by atoms with E-state index in [1.54, 1.807) is 0 Å². The largest absolute Gasteiger partial charge is 0.491 e. The lowest BCUT2D eigenvalue weighted by atomic mass is 9.82. The Balaban J connectivity index is 2.04. The number of nitrogens with one attached hydrogen (secondary N) is 2. The minimum atomic E-state index is -3.17. The van der Waals surface area contributed by atoms with Crippen LogP contribution in [0.3, 0.4) is 0 Å². The fourth-order valence-corrected chi connectivity index (χ4v) is 4.38. The fourth-order valence-electron chi connectivity index (χ4n) is 3.77. The molecule has 1 fully saturated rings. The molecular weight excluding hydrogens is 452 g/mol. The van der Waals surface area contributed by atoms with Crippen LogP contribution in [0.15, 0.2) is 35.5 Å². The number of carbonyl (C=O) groups excluding carboxylic acids is 1. The number of nitrogens with zero attached hydrogens (tertiary/aromatic N) is 2. The van der Waals surface area contributed by atoms with Crippen molar-refractivity contribution >= 4 is 27.0 Å². The van der Waals surface area contributed by atoms with Crippen LogP contribution in [0, 0.1) is 21.8 Å². The van der Waals surface area contributed by atoms with E-state index in [0.29, 0.717) is 0 Å². The summed E-state index contributed by atoms with van der Waals surface area (Å²) in [7, 11) is -2.06. The van der Waals surface area contributed by atoms with E-state index in [2.05, 4.69) is 10.3 Å². The van der Waals surface area contributed by atoms with Crippen molar-refractivity contribution in [2.45, 2.75) is 30.8 Å². The van der Waals surface area contributed by atoms with Gasteiger partial charge in [-0.15, -0.1) is 0 Å². The van der Waals surface area contributed by atoms with Gasteiger partial charge in [0.2, 0.25) is 18.1 Å². The zero-order valence-corrected chi connectivity index (χ0v) is 18.3. The Morgan fingerprint density at radius 2 is 2.06 bits per heavy atom. The maximum Gasteiger partial charge on any atom is 0.247 e. The highest BCUT2D eigenvalue weighted by atomic mass is 32.2. The Labute approximate surface area is 182 Å². The Morgan fingerprint density at radius 3 is 2.66 bits per heavy atom. The van der Waals surface area contributed by atoms with E-state index in [-0.39, 0.29) is 29.4 Å². The van der Waals surface area contributed by atoms with Gasteiger partial charge in [-0.05, 0) is 30.7 Å². The lowest BCUT2D eigenvalue weighted by molar-refractivity contribution is -0.122. The van der Waals surface area contributed by atoms with Crippen LogP contribution in [0.1, 0.15) is 13.3 Å². The molecule has 7 nitrogen and oxygen atoms in total. The van der Waals surface area contributed by atoms with Crippen molar-refractivity contribution in [3.05, 3.63) is 42.1 Å². The molecule has 0 aliphatic carbocycles. The third-order valence-electron chi connectivity index (χ3n) is 5.52. The highest BCUT2D eigenvalue weighted by molar-refractivity contribution is 7.91. The van der Waals surface area contributed by atoms with Gasteiger partial charge in [0.1, 0.15) is 11.1 Å². The number of rotatable bonds is 6. The van der Waals surface area contributed by atoms with Crippen molar-refractivity contribution in [2.24, 2.45) is 5.41 Å². The van der Waals surface area contributed by atoms with E-state index in [0.717, 1.165) is 19.4 Å². The second-order valence-corrected chi connectivity index (χ2v) is 9.89. The van der Waals surface area contributed by atoms with Crippen LogP contribution in [0.5, 0.6) is 5.75 Å². The van der Waals surface area contributed by atoms with Gasteiger partial charge in [-0.2, -0.15) is 4.39 Å². The summed E-state index contributed by atoms with van der Waals surface area (Å²) in [5.41, 5.74) is -1.72. The molecule has 3 atom stereocenters. The first-order chi connectivity index (χ1) is 14.9. The van der Waals surface area contributed by atoms with E-state index >= 15 is 0 Å². The number of pyridine rings is 1. The van der Waals surface area contributed by atoms with E-state index in [9.17, 15) is 26.6 Å². The summed E-state index contributed by atoms with van der Waals surface area (Å²) in [6.45, 7) is 1.21. The van der Waals surface area contributed by atoms with Gasteiger partial charge in [0.25, 0.3) is 0 Å². The second-order valence-electron chi connectivity index (χ2n) is 7.78. The van der Waals surface area contributed by atoms with Gasteiger partial charge in [0, 0.05) is 24.7 Å². The molecule has 1 amide bonds. The molecule has 2 aromatic rings. The summed E-state index contributed by atoms with van der Waals surface area (Å²) >= 11 is 0. The zero-order chi connectivity index (χ0) is 23.8. The molecule has 174 valence electrons. The predicted octanol–water partition coefficient (Wildman–Crippen LogP) is 3.89. The quantitative estimate of drug-likeness (QED) is 0.620. The van der Waals surface area contributed by atoms with Crippen LogP contribution in [0.4, 0.5) is 28.9 Å². The Kier molecular flexibility index (Phi) is 6.36. The van der Waals surface area contributed by atoms with Gasteiger partial charge in [-0.1, -0.05) is 6.92 Å². The van der Waals surface area contributed by atoms with E-state index in [1.807, 2.05) is 0 Å². The number of hydrogen-bond acceptors (Lipinski definition) is 6. The first-order valence-corrected chi connectivity index (χ1v) is 11.4. The number of anilines is 2. The van der Waals surface area contributed by atoms with Gasteiger partial charge in [0.15, 0.2) is 11.6 Å². The van der Waals surface area contributed by atoms with Crippen LogP contribution < -0.4 is 15.0 Å². The molecule has 2 N–H and O–H groups in total. The van der Waals surface area contributed by atoms with Crippen molar-refractivity contribution in [3.63, 3.8) is 0 Å². The molecule has 1 unspecified atom stereocenters. The van der Waals surface area contributed by atoms with E-state index in [4.69, 9.17) is 9.52 Å². The molecule has 12 heteroatoms. The molecule has 1 saturated heterocycles. The number of amides is 1. The Bertz CT molecular complexity index is 1150. The van der Waals surface area contributed by atoms with Gasteiger partial charge in [-0.25, -0.2) is 27.1 Å². The maximum atomic E-state index is 14.3. The van der Waals surface area contributed by atoms with Crippen molar-refractivity contribution < 1.29 is 31.3 Å². The Hall–Kier alpha value is -2.89. The van der Waals surface area contributed by atoms with Gasteiger partial charge in [-0.3, -0.25) is 4.79 Å². The number of methoxy groups -OCH3 is 1. The lowest BCUT2D eigenvalue weighted by Gasteiger charge is -2.35. The number of aromatic nitrogens is 1. The average Bonchev–Trinajstić information content (AvgIpc) is 3.08. The van der Waals surface area contributed by atoms with Crippen LogP contribution in [0.2, 0.25) is 0 Å². The smallest absolute Gasteiger partial charge is 0.247 e. The van der Waals surface area contributed by atoms with Crippen LogP contribution in [0.25, 0.3) is 0 Å². The topological polar surface area (TPSA) is 95.4 Å². The molecule has 0 saturated carbocycles. The molecule has 0 radical (unpaired) electrons. The summed E-state index contributed by atoms with van der Waals surface area (Å²) < 4.78 is 80.6. The number of benzene rings is 1. The number of halogens is 4. The van der Waals surface area contributed by atoms with Crippen molar-refractivity contribution in [2.75, 3.05) is 30.1 Å². The normalized spacial score (nSPS) is 22.6. The molecule has 1 aromatic heterocycles. The summed E-state index contributed by atoms with van der Waals surface area (Å²) in [6, 6.07) is 3.14. The number of alkyl halides is 2. The highest BCUT2D eigenvalue weighted by Gasteiger charge is 2.54. The molecule has 1 aliphatic heterocycles. The van der Waals surface area contributed by atoms with Gasteiger partial charge in [0.05, 0.1) is 27.9 Å². The molecule has 0 spiro atoms. The first kappa shape index (κ1) is 23.8. The van der Waals surface area contributed by atoms with Gasteiger partial charge < -0.3 is 15.0 Å². The van der Waals surface area contributed by atoms with Crippen molar-refractivity contribution in [1.82, 2.24) is 4.98 Å². The molecule has 2 heterocycles. The number of ether oxygens (including phenoxy) is 1. The SMILES string of the molecule is COc1c(N2CCC(C)(C(F)F)[C@@H]2C(=O)Nc2ccnc([S@](C)(=N)=O)c2)ccc(F)c1F. The third-order valence-corrected chi connectivity index (χ3v) is 6.54. The minimum absolute atomic E-state index is 0.0303. The van der Waals surface area contributed by atoms with Crippen molar-refractivity contribution in [1.29, 1.82) is 4.78 Å².